The molecular formula is C24H27N2O3+. The Hall–Kier alpha value is -3.05. The van der Waals surface area contributed by atoms with E-state index < -0.39 is 0 Å². The highest BCUT2D eigenvalue weighted by molar-refractivity contribution is 6.02. The summed E-state index contributed by atoms with van der Waals surface area (Å²) in [7, 11) is 3.36. The average molecular weight is 391 g/mol. The van der Waals surface area contributed by atoms with Gasteiger partial charge in [0.15, 0.2) is 6.54 Å². The number of carbonyl (C=O) groups excluding carboxylic acids is 1. The summed E-state index contributed by atoms with van der Waals surface area (Å²) in [6.45, 7) is 1.39. The molecule has 1 aliphatic rings. The normalized spacial score (nSPS) is 18.6. The molecule has 0 aliphatic carbocycles. The van der Waals surface area contributed by atoms with Gasteiger partial charge in [-0.2, -0.15) is 0 Å². The van der Waals surface area contributed by atoms with Gasteiger partial charge in [-0.25, -0.2) is 0 Å². The minimum absolute atomic E-state index is 0.0325. The third-order valence-electron chi connectivity index (χ3n) is 5.75. The summed E-state index contributed by atoms with van der Waals surface area (Å²) in [6.07, 6.45) is 2.11. The van der Waals surface area contributed by atoms with E-state index in [9.17, 15) is 4.79 Å². The predicted octanol–water partition coefficient (Wildman–Crippen LogP) is 3.22. The monoisotopic (exact) mass is 391 g/mol. The van der Waals surface area contributed by atoms with Gasteiger partial charge in [0.05, 0.1) is 26.3 Å². The molecule has 1 aliphatic heterocycles. The van der Waals surface area contributed by atoms with Crippen LogP contribution in [0.5, 0.6) is 11.5 Å². The first-order chi connectivity index (χ1) is 14.2. The van der Waals surface area contributed by atoms with Crippen molar-refractivity contribution in [3.63, 3.8) is 0 Å². The Bertz CT molecular complexity index is 1010. The zero-order valence-corrected chi connectivity index (χ0v) is 16.9. The molecule has 1 heterocycles. The number of hydrogen-bond acceptors (Lipinski definition) is 3. The second-order valence-corrected chi connectivity index (χ2v) is 7.46. The average Bonchev–Trinajstić information content (AvgIpc) is 3.21. The number of benzene rings is 3. The molecule has 0 radical (unpaired) electrons. The van der Waals surface area contributed by atoms with Crippen molar-refractivity contribution < 1.29 is 19.2 Å². The van der Waals surface area contributed by atoms with Crippen LogP contribution in [-0.2, 0) is 4.79 Å². The zero-order valence-electron chi connectivity index (χ0n) is 16.9. The van der Waals surface area contributed by atoms with E-state index in [1.54, 1.807) is 14.2 Å². The number of methoxy groups -OCH3 is 2. The molecule has 4 rings (SSSR count). The largest absolute Gasteiger partial charge is 0.497 e. The van der Waals surface area contributed by atoms with Crippen molar-refractivity contribution in [1.82, 2.24) is 0 Å². The Morgan fingerprint density at radius 1 is 1.07 bits per heavy atom. The van der Waals surface area contributed by atoms with E-state index in [0.717, 1.165) is 52.9 Å². The molecule has 3 aromatic rings. The van der Waals surface area contributed by atoms with Gasteiger partial charge in [0.1, 0.15) is 17.5 Å². The molecule has 1 amide bonds. The SMILES string of the molecule is COc1ccc(OC)c([C@H]2CCC[NH+]2CC(=O)Nc2cccc3ccccc23)c1. The van der Waals surface area contributed by atoms with E-state index in [4.69, 9.17) is 9.47 Å². The molecule has 0 spiro atoms. The van der Waals surface area contributed by atoms with Crippen LogP contribution in [-0.4, -0.2) is 33.2 Å². The number of likely N-dealkylation sites (tertiary alicyclic amines) is 1. The van der Waals surface area contributed by atoms with E-state index in [2.05, 4.69) is 17.4 Å². The lowest BCUT2D eigenvalue weighted by Gasteiger charge is -2.23. The molecule has 29 heavy (non-hydrogen) atoms. The highest BCUT2D eigenvalue weighted by atomic mass is 16.5. The second-order valence-electron chi connectivity index (χ2n) is 7.46. The molecule has 5 heteroatoms. The Labute approximate surface area is 171 Å². The summed E-state index contributed by atoms with van der Waals surface area (Å²) in [5.41, 5.74) is 1.97. The minimum atomic E-state index is 0.0325. The summed E-state index contributed by atoms with van der Waals surface area (Å²) in [4.78, 5) is 14.1. The van der Waals surface area contributed by atoms with Crippen LogP contribution in [0.1, 0.15) is 24.4 Å². The van der Waals surface area contributed by atoms with Gasteiger partial charge in [0.2, 0.25) is 0 Å². The molecule has 1 unspecified atom stereocenters. The van der Waals surface area contributed by atoms with Crippen molar-refractivity contribution >= 4 is 22.4 Å². The molecule has 3 aromatic carbocycles. The quantitative estimate of drug-likeness (QED) is 0.678. The number of ether oxygens (including phenoxy) is 2. The molecule has 1 fully saturated rings. The maximum absolute atomic E-state index is 12.9. The van der Waals surface area contributed by atoms with E-state index in [0.29, 0.717) is 6.54 Å². The van der Waals surface area contributed by atoms with Gasteiger partial charge < -0.3 is 19.7 Å². The predicted molar refractivity (Wildman–Crippen MR) is 115 cm³/mol. The van der Waals surface area contributed by atoms with Crippen LogP contribution in [0.25, 0.3) is 10.8 Å². The summed E-state index contributed by atoms with van der Waals surface area (Å²) in [6, 6.07) is 20.2. The zero-order chi connectivity index (χ0) is 20.2. The van der Waals surface area contributed by atoms with Crippen LogP contribution in [0.2, 0.25) is 0 Å². The first-order valence-corrected chi connectivity index (χ1v) is 10.0. The number of nitrogens with one attached hydrogen (secondary N) is 2. The molecule has 0 aromatic heterocycles. The molecule has 0 bridgehead atoms. The molecule has 1 saturated heterocycles. The molecule has 150 valence electrons. The van der Waals surface area contributed by atoms with Crippen LogP contribution in [0, 0.1) is 0 Å². The third kappa shape index (κ3) is 4.05. The summed E-state index contributed by atoms with van der Waals surface area (Å²) in [5.74, 6) is 1.70. The van der Waals surface area contributed by atoms with Crippen molar-refractivity contribution in [3.05, 3.63) is 66.2 Å². The highest BCUT2D eigenvalue weighted by Gasteiger charge is 2.34. The molecule has 2 atom stereocenters. The highest BCUT2D eigenvalue weighted by Crippen LogP contribution is 2.31. The van der Waals surface area contributed by atoms with Gasteiger partial charge in [-0.1, -0.05) is 36.4 Å². The third-order valence-corrected chi connectivity index (χ3v) is 5.75. The Balaban J connectivity index is 1.52. The number of carbonyl (C=O) groups is 1. The number of amides is 1. The lowest BCUT2D eigenvalue weighted by Crippen LogP contribution is -3.11. The van der Waals surface area contributed by atoms with Crippen molar-refractivity contribution in [2.24, 2.45) is 0 Å². The van der Waals surface area contributed by atoms with Gasteiger partial charge in [-0.15, -0.1) is 0 Å². The van der Waals surface area contributed by atoms with Gasteiger partial charge >= 0.3 is 0 Å². The lowest BCUT2D eigenvalue weighted by molar-refractivity contribution is -0.910. The smallest absolute Gasteiger partial charge is 0.279 e. The number of fused-ring (bicyclic) bond motifs is 1. The Morgan fingerprint density at radius 3 is 2.72 bits per heavy atom. The van der Waals surface area contributed by atoms with Gasteiger partial charge in [0.25, 0.3) is 5.91 Å². The Kier molecular flexibility index (Phi) is 5.67. The van der Waals surface area contributed by atoms with E-state index in [1.165, 1.54) is 4.90 Å². The first-order valence-electron chi connectivity index (χ1n) is 10.0. The maximum atomic E-state index is 12.9. The number of rotatable bonds is 6. The fourth-order valence-corrected chi connectivity index (χ4v) is 4.35. The second kappa shape index (κ2) is 8.53. The van der Waals surface area contributed by atoms with Crippen molar-refractivity contribution in [3.8, 4) is 11.5 Å². The van der Waals surface area contributed by atoms with Crippen LogP contribution in [0.15, 0.2) is 60.7 Å². The number of hydrogen-bond donors (Lipinski definition) is 2. The van der Waals surface area contributed by atoms with Crippen molar-refractivity contribution in [2.75, 3.05) is 32.6 Å². The molecule has 5 nitrogen and oxygen atoms in total. The topological polar surface area (TPSA) is 52.0 Å². The van der Waals surface area contributed by atoms with E-state index in [-0.39, 0.29) is 11.9 Å². The van der Waals surface area contributed by atoms with Crippen LogP contribution in [0.3, 0.4) is 0 Å². The molecule has 0 saturated carbocycles. The summed E-state index contributed by atoms with van der Waals surface area (Å²) < 4.78 is 11.0. The minimum Gasteiger partial charge on any atom is -0.497 e. The van der Waals surface area contributed by atoms with Crippen molar-refractivity contribution in [1.29, 1.82) is 0 Å². The molecular weight excluding hydrogens is 364 g/mol. The van der Waals surface area contributed by atoms with E-state index in [1.807, 2.05) is 48.5 Å². The van der Waals surface area contributed by atoms with Gasteiger partial charge in [-0.05, 0) is 29.7 Å². The van der Waals surface area contributed by atoms with Crippen LogP contribution in [0.4, 0.5) is 5.69 Å². The maximum Gasteiger partial charge on any atom is 0.279 e. The Morgan fingerprint density at radius 2 is 1.90 bits per heavy atom. The van der Waals surface area contributed by atoms with E-state index >= 15 is 0 Å². The fraction of sp³-hybridized carbons (Fsp3) is 0.292. The number of anilines is 1. The van der Waals surface area contributed by atoms with Crippen LogP contribution < -0.4 is 19.7 Å². The van der Waals surface area contributed by atoms with Crippen molar-refractivity contribution in [2.45, 2.75) is 18.9 Å². The van der Waals surface area contributed by atoms with Gasteiger partial charge in [0, 0.05) is 23.9 Å². The van der Waals surface area contributed by atoms with Crippen LogP contribution >= 0.6 is 0 Å². The lowest BCUT2D eigenvalue weighted by atomic mass is 10.0. The standard InChI is InChI=1S/C24H26N2O3/c1-28-18-12-13-23(29-2)20(15-18)22-11-6-14-26(22)16-24(27)25-21-10-5-8-17-7-3-4-9-19(17)21/h3-5,7-10,12-13,15,22H,6,11,14,16H2,1-2H3,(H,25,27)/p+1/t22-/m1/s1. The fourth-order valence-electron chi connectivity index (χ4n) is 4.35. The summed E-state index contributed by atoms with van der Waals surface area (Å²) in [5, 5.41) is 5.30. The first kappa shape index (κ1) is 19.3. The summed E-state index contributed by atoms with van der Waals surface area (Å²) >= 11 is 0. The van der Waals surface area contributed by atoms with Gasteiger partial charge in [-0.3, -0.25) is 4.79 Å². The number of quaternary nitrogens is 1. The molecule has 2 N–H and O–H groups in total.